The van der Waals surface area contributed by atoms with Crippen LogP contribution in [-0.4, -0.2) is 25.2 Å². The van der Waals surface area contributed by atoms with Crippen LogP contribution in [0.15, 0.2) is 30.5 Å². The first-order valence-electron chi connectivity index (χ1n) is 5.16. The molecule has 0 amide bonds. The summed E-state index contributed by atoms with van der Waals surface area (Å²) in [5.41, 5.74) is 2.50. The van der Waals surface area contributed by atoms with Crippen LogP contribution in [0.25, 0.3) is 10.9 Å². The number of nitrogens with one attached hydrogen (secondary N) is 2. The van der Waals surface area contributed by atoms with E-state index in [1.807, 2.05) is 6.07 Å². The molecule has 0 spiro atoms. The summed E-state index contributed by atoms with van der Waals surface area (Å²) in [6.45, 7) is 2.52. The van der Waals surface area contributed by atoms with E-state index >= 15 is 0 Å². The normalized spacial score (nSPS) is 11.0. The van der Waals surface area contributed by atoms with Crippen molar-refractivity contribution in [3.05, 3.63) is 36.0 Å². The lowest BCUT2D eigenvalue weighted by molar-refractivity contribution is 0.199. The Hall–Kier alpha value is -1.32. The van der Waals surface area contributed by atoms with Crippen molar-refractivity contribution in [2.45, 2.75) is 6.54 Å². The minimum absolute atomic E-state index is 0.752. The highest BCUT2D eigenvalue weighted by atomic mass is 16.5. The van der Waals surface area contributed by atoms with Crippen LogP contribution in [-0.2, 0) is 11.3 Å². The van der Waals surface area contributed by atoms with E-state index < -0.39 is 0 Å². The zero-order valence-electron chi connectivity index (χ0n) is 8.92. The van der Waals surface area contributed by atoms with Gasteiger partial charge in [0.25, 0.3) is 0 Å². The molecule has 0 aliphatic carbocycles. The molecule has 3 heteroatoms. The van der Waals surface area contributed by atoms with Crippen LogP contribution in [0, 0.1) is 0 Å². The average Bonchev–Trinajstić information content (AvgIpc) is 2.68. The minimum Gasteiger partial charge on any atom is -0.383 e. The lowest BCUT2D eigenvalue weighted by Gasteiger charge is -2.02. The second-order valence-electron chi connectivity index (χ2n) is 3.53. The number of para-hydroxylation sites is 1. The van der Waals surface area contributed by atoms with Crippen LogP contribution < -0.4 is 5.32 Å². The lowest BCUT2D eigenvalue weighted by Crippen LogP contribution is -2.18. The van der Waals surface area contributed by atoms with E-state index in [1.165, 1.54) is 16.5 Å². The van der Waals surface area contributed by atoms with Gasteiger partial charge < -0.3 is 15.0 Å². The standard InChI is InChI=1S/C12H16N2O/c1-15-7-6-13-8-10-9-14-12-5-3-2-4-11(10)12/h2-5,9,13-14H,6-8H2,1H3. The molecule has 0 atom stereocenters. The number of fused-ring (bicyclic) bond motifs is 1. The molecule has 0 saturated carbocycles. The Morgan fingerprint density at radius 2 is 2.20 bits per heavy atom. The van der Waals surface area contributed by atoms with E-state index in [-0.39, 0.29) is 0 Å². The molecule has 80 valence electrons. The summed E-state index contributed by atoms with van der Waals surface area (Å²) in [4.78, 5) is 3.26. The Morgan fingerprint density at radius 1 is 1.33 bits per heavy atom. The van der Waals surface area contributed by atoms with Crippen LogP contribution in [0.3, 0.4) is 0 Å². The quantitative estimate of drug-likeness (QED) is 0.730. The zero-order chi connectivity index (χ0) is 10.5. The van der Waals surface area contributed by atoms with Gasteiger partial charge in [-0.05, 0) is 11.6 Å². The molecule has 1 aromatic carbocycles. The maximum absolute atomic E-state index is 4.98. The molecule has 2 rings (SSSR count). The van der Waals surface area contributed by atoms with Gasteiger partial charge in [0.15, 0.2) is 0 Å². The largest absolute Gasteiger partial charge is 0.383 e. The molecule has 0 aliphatic rings. The van der Waals surface area contributed by atoms with Gasteiger partial charge in [-0.25, -0.2) is 0 Å². The number of methoxy groups -OCH3 is 1. The van der Waals surface area contributed by atoms with E-state index in [9.17, 15) is 0 Å². The summed E-state index contributed by atoms with van der Waals surface area (Å²) < 4.78 is 4.98. The highest BCUT2D eigenvalue weighted by Gasteiger charge is 2.01. The van der Waals surface area contributed by atoms with Gasteiger partial charge in [-0.1, -0.05) is 18.2 Å². The van der Waals surface area contributed by atoms with Gasteiger partial charge in [-0.2, -0.15) is 0 Å². The Kier molecular flexibility index (Phi) is 3.37. The smallest absolute Gasteiger partial charge is 0.0587 e. The molecule has 0 radical (unpaired) electrons. The predicted octanol–water partition coefficient (Wildman–Crippen LogP) is 1.90. The van der Waals surface area contributed by atoms with Crippen molar-refractivity contribution >= 4 is 10.9 Å². The summed E-state index contributed by atoms with van der Waals surface area (Å²) >= 11 is 0. The average molecular weight is 204 g/mol. The first-order chi connectivity index (χ1) is 7.42. The third kappa shape index (κ3) is 2.37. The summed E-state index contributed by atoms with van der Waals surface area (Å²) in [5, 5.41) is 4.63. The molecule has 0 bridgehead atoms. The third-order valence-electron chi connectivity index (χ3n) is 2.47. The van der Waals surface area contributed by atoms with Gasteiger partial charge in [-0.3, -0.25) is 0 Å². The van der Waals surface area contributed by atoms with Crippen molar-refractivity contribution in [3.8, 4) is 0 Å². The fourth-order valence-corrected chi connectivity index (χ4v) is 1.68. The van der Waals surface area contributed by atoms with E-state index in [4.69, 9.17) is 4.74 Å². The van der Waals surface area contributed by atoms with Gasteiger partial charge in [0, 0.05) is 37.3 Å². The number of aromatic amines is 1. The summed E-state index contributed by atoms with van der Waals surface area (Å²) in [6, 6.07) is 8.34. The fraction of sp³-hybridized carbons (Fsp3) is 0.333. The molecule has 2 aromatic rings. The van der Waals surface area contributed by atoms with Crippen LogP contribution in [0.5, 0.6) is 0 Å². The van der Waals surface area contributed by atoms with E-state index in [0.29, 0.717) is 0 Å². The number of H-pyrrole nitrogens is 1. The molecule has 0 fully saturated rings. The van der Waals surface area contributed by atoms with Crippen molar-refractivity contribution < 1.29 is 4.74 Å². The van der Waals surface area contributed by atoms with Gasteiger partial charge >= 0.3 is 0 Å². The number of benzene rings is 1. The van der Waals surface area contributed by atoms with E-state index in [2.05, 4.69) is 34.7 Å². The molecule has 1 aromatic heterocycles. The van der Waals surface area contributed by atoms with Crippen molar-refractivity contribution in [1.82, 2.24) is 10.3 Å². The summed E-state index contributed by atoms with van der Waals surface area (Å²) in [7, 11) is 1.72. The SMILES string of the molecule is COCCNCc1c[nH]c2ccccc12. The number of aromatic nitrogens is 1. The first-order valence-corrected chi connectivity index (χ1v) is 5.16. The Bertz CT molecular complexity index is 422. The number of ether oxygens (including phenoxy) is 1. The van der Waals surface area contributed by atoms with E-state index in [1.54, 1.807) is 7.11 Å². The Labute approximate surface area is 89.4 Å². The van der Waals surface area contributed by atoms with Crippen molar-refractivity contribution in [2.75, 3.05) is 20.3 Å². The van der Waals surface area contributed by atoms with Gasteiger partial charge in [0.1, 0.15) is 0 Å². The number of rotatable bonds is 5. The minimum atomic E-state index is 0.752. The molecule has 3 nitrogen and oxygen atoms in total. The van der Waals surface area contributed by atoms with Crippen molar-refractivity contribution in [2.24, 2.45) is 0 Å². The third-order valence-corrected chi connectivity index (χ3v) is 2.47. The first kappa shape index (κ1) is 10.2. The molecular formula is C12H16N2O. The van der Waals surface area contributed by atoms with Crippen LogP contribution >= 0.6 is 0 Å². The molecule has 15 heavy (non-hydrogen) atoms. The summed E-state index contributed by atoms with van der Waals surface area (Å²) in [6.07, 6.45) is 2.06. The predicted molar refractivity (Wildman–Crippen MR) is 61.9 cm³/mol. The van der Waals surface area contributed by atoms with Crippen LogP contribution in [0.1, 0.15) is 5.56 Å². The molecule has 0 aliphatic heterocycles. The lowest BCUT2D eigenvalue weighted by atomic mass is 10.2. The molecule has 2 N–H and O–H groups in total. The molecule has 0 unspecified atom stereocenters. The molecule has 0 saturated heterocycles. The zero-order valence-corrected chi connectivity index (χ0v) is 8.92. The monoisotopic (exact) mass is 204 g/mol. The fourth-order valence-electron chi connectivity index (χ4n) is 1.68. The van der Waals surface area contributed by atoms with Crippen molar-refractivity contribution in [1.29, 1.82) is 0 Å². The van der Waals surface area contributed by atoms with Crippen LogP contribution in [0.2, 0.25) is 0 Å². The van der Waals surface area contributed by atoms with E-state index in [0.717, 1.165) is 19.7 Å². The van der Waals surface area contributed by atoms with Crippen LogP contribution in [0.4, 0.5) is 0 Å². The maximum Gasteiger partial charge on any atom is 0.0587 e. The summed E-state index contributed by atoms with van der Waals surface area (Å²) in [5.74, 6) is 0. The molecular weight excluding hydrogens is 188 g/mol. The van der Waals surface area contributed by atoms with Crippen molar-refractivity contribution in [3.63, 3.8) is 0 Å². The highest BCUT2D eigenvalue weighted by molar-refractivity contribution is 5.82. The number of hydrogen-bond donors (Lipinski definition) is 2. The highest BCUT2D eigenvalue weighted by Crippen LogP contribution is 2.16. The van der Waals surface area contributed by atoms with Gasteiger partial charge in [0.2, 0.25) is 0 Å². The topological polar surface area (TPSA) is 37.0 Å². The molecule has 1 heterocycles. The van der Waals surface area contributed by atoms with Gasteiger partial charge in [-0.15, -0.1) is 0 Å². The maximum atomic E-state index is 4.98. The second kappa shape index (κ2) is 4.96. The second-order valence-corrected chi connectivity index (χ2v) is 3.53. The number of hydrogen-bond acceptors (Lipinski definition) is 2. The van der Waals surface area contributed by atoms with Gasteiger partial charge in [0.05, 0.1) is 6.61 Å². The Morgan fingerprint density at radius 3 is 3.07 bits per heavy atom. The Balaban J connectivity index is 2.02.